The van der Waals surface area contributed by atoms with E-state index in [4.69, 9.17) is 11.5 Å². The van der Waals surface area contributed by atoms with E-state index in [2.05, 4.69) is 5.32 Å². The zero-order chi connectivity index (χ0) is 12.3. The van der Waals surface area contributed by atoms with Crippen LogP contribution in [0.25, 0.3) is 0 Å². The third kappa shape index (κ3) is 3.96. The highest BCUT2D eigenvalue weighted by atomic mass is 35.5. The van der Waals surface area contributed by atoms with Crippen molar-refractivity contribution in [1.29, 1.82) is 0 Å². The maximum Gasteiger partial charge on any atom is 0.252 e. The van der Waals surface area contributed by atoms with E-state index in [0.29, 0.717) is 11.3 Å². The molecule has 1 rings (SSSR count). The minimum absolute atomic E-state index is 0. The van der Waals surface area contributed by atoms with Gasteiger partial charge in [-0.3, -0.25) is 9.59 Å². The quantitative estimate of drug-likeness (QED) is 0.692. The molecule has 0 spiro atoms. The zero-order valence-electron chi connectivity index (χ0n) is 9.69. The minimum atomic E-state index is -0.701. The number of carbonyl (C=O) groups excluding carboxylic acids is 2. The van der Waals surface area contributed by atoms with Gasteiger partial charge in [-0.05, 0) is 31.5 Å². The van der Waals surface area contributed by atoms with Crippen LogP contribution in [0, 0.1) is 6.92 Å². The Morgan fingerprint density at radius 3 is 2.47 bits per heavy atom. The van der Waals surface area contributed by atoms with Gasteiger partial charge < -0.3 is 16.8 Å². The Labute approximate surface area is 106 Å². The maximum atomic E-state index is 11.8. The van der Waals surface area contributed by atoms with Gasteiger partial charge in [0.25, 0.3) is 5.91 Å². The standard InChI is InChI=1S/C11H15N3O2.ClH/c1-6-3-4-8(12)5-9(6)11(16)14-7(2)10(13)15;/h3-5,7H,12H2,1-2H3,(H2,13,15)(H,14,16);1H/t7-;/m0./s1. The van der Waals surface area contributed by atoms with Crippen LogP contribution in [-0.2, 0) is 4.79 Å². The SMILES string of the molecule is Cc1ccc(N)cc1C(=O)N[C@@H](C)C(N)=O.Cl. The summed E-state index contributed by atoms with van der Waals surface area (Å²) in [6.07, 6.45) is 0. The lowest BCUT2D eigenvalue weighted by Gasteiger charge is -2.12. The van der Waals surface area contributed by atoms with Crippen molar-refractivity contribution in [2.45, 2.75) is 19.9 Å². The summed E-state index contributed by atoms with van der Waals surface area (Å²) in [6, 6.07) is 4.33. The van der Waals surface area contributed by atoms with Crippen LogP contribution in [0.4, 0.5) is 5.69 Å². The fraction of sp³-hybridized carbons (Fsp3) is 0.273. The number of rotatable bonds is 3. The van der Waals surface area contributed by atoms with E-state index in [-0.39, 0.29) is 18.3 Å². The van der Waals surface area contributed by atoms with Crippen molar-refractivity contribution in [3.8, 4) is 0 Å². The molecule has 0 heterocycles. The molecule has 0 aromatic heterocycles. The summed E-state index contributed by atoms with van der Waals surface area (Å²) in [5, 5.41) is 2.49. The van der Waals surface area contributed by atoms with Crippen molar-refractivity contribution in [3.63, 3.8) is 0 Å². The first-order valence-electron chi connectivity index (χ1n) is 4.88. The number of hydrogen-bond donors (Lipinski definition) is 3. The van der Waals surface area contributed by atoms with E-state index in [1.807, 2.05) is 0 Å². The van der Waals surface area contributed by atoms with Crippen molar-refractivity contribution in [1.82, 2.24) is 5.32 Å². The smallest absolute Gasteiger partial charge is 0.252 e. The molecule has 6 heteroatoms. The number of amides is 2. The van der Waals surface area contributed by atoms with Crippen LogP contribution >= 0.6 is 12.4 Å². The van der Waals surface area contributed by atoms with Crippen molar-refractivity contribution >= 4 is 29.9 Å². The van der Waals surface area contributed by atoms with Crippen molar-refractivity contribution < 1.29 is 9.59 Å². The van der Waals surface area contributed by atoms with Gasteiger partial charge in [0.2, 0.25) is 5.91 Å². The largest absolute Gasteiger partial charge is 0.399 e. The molecule has 0 aliphatic rings. The van der Waals surface area contributed by atoms with Crippen LogP contribution in [0.2, 0.25) is 0 Å². The Balaban J connectivity index is 0.00000256. The van der Waals surface area contributed by atoms with E-state index in [9.17, 15) is 9.59 Å². The Hall–Kier alpha value is -1.75. The van der Waals surface area contributed by atoms with Crippen LogP contribution < -0.4 is 16.8 Å². The van der Waals surface area contributed by atoms with Gasteiger partial charge in [-0.2, -0.15) is 0 Å². The number of nitrogens with one attached hydrogen (secondary N) is 1. The van der Waals surface area contributed by atoms with E-state index < -0.39 is 11.9 Å². The van der Waals surface area contributed by atoms with Crippen molar-refractivity contribution in [3.05, 3.63) is 29.3 Å². The van der Waals surface area contributed by atoms with Gasteiger partial charge in [0.15, 0.2) is 0 Å². The van der Waals surface area contributed by atoms with Crippen LogP contribution in [0.1, 0.15) is 22.8 Å². The molecule has 17 heavy (non-hydrogen) atoms. The summed E-state index contributed by atoms with van der Waals surface area (Å²) in [7, 11) is 0. The van der Waals surface area contributed by atoms with Gasteiger partial charge in [0.05, 0.1) is 0 Å². The molecule has 94 valence electrons. The molecule has 0 saturated heterocycles. The maximum absolute atomic E-state index is 11.8. The van der Waals surface area contributed by atoms with Crippen LogP contribution in [-0.4, -0.2) is 17.9 Å². The molecule has 0 saturated carbocycles. The van der Waals surface area contributed by atoms with Crippen LogP contribution in [0.15, 0.2) is 18.2 Å². The van der Waals surface area contributed by atoms with Crippen LogP contribution in [0.3, 0.4) is 0 Å². The highest BCUT2D eigenvalue weighted by Crippen LogP contribution is 2.12. The van der Waals surface area contributed by atoms with Gasteiger partial charge >= 0.3 is 0 Å². The Morgan fingerprint density at radius 2 is 1.94 bits per heavy atom. The number of anilines is 1. The fourth-order valence-corrected chi connectivity index (χ4v) is 1.23. The van der Waals surface area contributed by atoms with Crippen molar-refractivity contribution in [2.24, 2.45) is 5.73 Å². The van der Waals surface area contributed by atoms with Gasteiger partial charge in [0.1, 0.15) is 6.04 Å². The fourth-order valence-electron chi connectivity index (χ4n) is 1.23. The van der Waals surface area contributed by atoms with Gasteiger partial charge in [-0.1, -0.05) is 6.07 Å². The molecule has 1 aromatic rings. The van der Waals surface area contributed by atoms with E-state index in [1.165, 1.54) is 6.92 Å². The lowest BCUT2D eigenvalue weighted by atomic mass is 10.1. The molecule has 2 amide bonds. The average molecular weight is 258 g/mol. The predicted octanol–water partition coefficient (Wildman–Crippen LogP) is 0.603. The lowest BCUT2D eigenvalue weighted by Crippen LogP contribution is -2.42. The Morgan fingerprint density at radius 1 is 1.35 bits per heavy atom. The van der Waals surface area contributed by atoms with Gasteiger partial charge in [0, 0.05) is 11.3 Å². The molecule has 5 nitrogen and oxygen atoms in total. The first-order chi connectivity index (χ1) is 7.41. The van der Waals surface area contributed by atoms with Gasteiger partial charge in [-0.15, -0.1) is 12.4 Å². The summed E-state index contributed by atoms with van der Waals surface area (Å²) in [6.45, 7) is 3.32. The molecular weight excluding hydrogens is 242 g/mol. The first kappa shape index (κ1) is 15.2. The third-order valence-electron chi connectivity index (χ3n) is 2.28. The molecule has 0 bridgehead atoms. The highest BCUT2D eigenvalue weighted by Gasteiger charge is 2.15. The monoisotopic (exact) mass is 257 g/mol. The molecule has 0 unspecified atom stereocenters. The highest BCUT2D eigenvalue weighted by molar-refractivity contribution is 5.98. The topological polar surface area (TPSA) is 98.2 Å². The van der Waals surface area contributed by atoms with E-state index in [1.54, 1.807) is 25.1 Å². The number of primary amides is 1. The van der Waals surface area contributed by atoms with Crippen LogP contribution in [0.5, 0.6) is 0 Å². The molecule has 0 radical (unpaired) electrons. The molecule has 0 aliphatic carbocycles. The number of carbonyl (C=O) groups is 2. The Bertz CT molecular complexity index is 435. The average Bonchev–Trinajstić information content (AvgIpc) is 2.21. The normalized spacial score (nSPS) is 11.2. The molecule has 1 atom stereocenters. The summed E-state index contributed by atoms with van der Waals surface area (Å²) < 4.78 is 0. The third-order valence-corrected chi connectivity index (χ3v) is 2.28. The predicted molar refractivity (Wildman–Crippen MR) is 69.0 cm³/mol. The lowest BCUT2D eigenvalue weighted by molar-refractivity contribution is -0.119. The zero-order valence-corrected chi connectivity index (χ0v) is 10.5. The van der Waals surface area contributed by atoms with E-state index in [0.717, 1.165) is 5.56 Å². The van der Waals surface area contributed by atoms with E-state index >= 15 is 0 Å². The second kappa shape index (κ2) is 6.10. The minimum Gasteiger partial charge on any atom is -0.399 e. The number of halogens is 1. The molecule has 0 fully saturated rings. The number of nitrogen functional groups attached to an aromatic ring is 1. The van der Waals surface area contributed by atoms with Crippen molar-refractivity contribution in [2.75, 3.05) is 5.73 Å². The number of aryl methyl sites for hydroxylation is 1. The number of hydrogen-bond acceptors (Lipinski definition) is 3. The Kier molecular flexibility index (Phi) is 5.47. The molecule has 1 aromatic carbocycles. The summed E-state index contributed by atoms with van der Waals surface area (Å²) in [4.78, 5) is 22.6. The summed E-state index contributed by atoms with van der Waals surface area (Å²) >= 11 is 0. The second-order valence-corrected chi connectivity index (χ2v) is 3.67. The molecule has 5 N–H and O–H groups in total. The number of benzene rings is 1. The molecular formula is C11H16ClN3O2. The van der Waals surface area contributed by atoms with Gasteiger partial charge in [-0.25, -0.2) is 0 Å². The summed E-state index contributed by atoms with van der Waals surface area (Å²) in [5.74, 6) is -0.925. The second-order valence-electron chi connectivity index (χ2n) is 3.67. The number of nitrogens with two attached hydrogens (primary N) is 2. The summed E-state index contributed by atoms with van der Waals surface area (Å²) in [5.41, 5.74) is 12.4. The molecule has 0 aliphatic heterocycles. The first-order valence-corrected chi connectivity index (χ1v) is 4.88.